The van der Waals surface area contributed by atoms with Gasteiger partial charge in [-0.15, -0.1) is 4.37 Å². The van der Waals surface area contributed by atoms with E-state index in [1.165, 1.54) is 0 Å². The predicted octanol–water partition coefficient (Wildman–Crippen LogP) is 0.502. The van der Waals surface area contributed by atoms with Crippen molar-refractivity contribution >= 4 is 17.5 Å². The van der Waals surface area contributed by atoms with Crippen molar-refractivity contribution in [3.05, 3.63) is 0 Å². The number of aliphatic hydroxyl groups is 1. The van der Waals surface area contributed by atoms with Gasteiger partial charge in [-0.05, 0) is 20.6 Å². The molecule has 2 heterocycles. The standard InChI is InChI=1S/C13H24N4O3S/c1-13(2,3)14-8-10(18)9-20-12-11(15-21-16-12)17-4-6-19-7-5-17/h10,14,18H,4-9H2,1-3H3/t10-/m0/s1/i1D3,2D3,4D2,5D2,6D2,7D2,8D2,10D. The smallest absolute Gasteiger partial charge is 0.270 e. The van der Waals surface area contributed by atoms with E-state index in [0.29, 0.717) is 6.92 Å². The Morgan fingerprint density at radius 1 is 1.67 bits per heavy atom. The van der Waals surface area contributed by atoms with E-state index >= 15 is 0 Å². The van der Waals surface area contributed by atoms with Crippen LogP contribution in [0.15, 0.2) is 0 Å². The normalized spacial score (nSPS) is 42.8. The molecule has 0 bridgehead atoms. The SMILES string of the molecule is [2H]C([2H])([2H])C(C)(NC([2H])([2H])[C@]([2H])(O)COc1nsnc1N1C([2H])([2H])C([2H])([2H])OC([2H])([2H])C1([2H])[2H])C([2H])([2H])[2H]. The quantitative estimate of drug-likeness (QED) is 0.785. The Morgan fingerprint density at radius 3 is 3.14 bits per heavy atom. The van der Waals surface area contributed by atoms with Crippen molar-refractivity contribution in [2.75, 3.05) is 44.1 Å². The van der Waals surface area contributed by atoms with Crippen LogP contribution < -0.4 is 15.0 Å². The zero-order valence-corrected chi connectivity index (χ0v) is 11.5. The number of hydrogen-bond acceptors (Lipinski definition) is 8. The van der Waals surface area contributed by atoms with Gasteiger partial charge in [-0.2, -0.15) is 4.37 Å². The van der Waals surface area contributed by atoms with E-state index in [-0.39, 0.29) is 16.6 Å². The Bertz CT molecular complexity index is 983. The van der Waals surface area contributed by atoms with Gasteiger partial charge in [-0.1, -0.05) is 0 Å². The zero-order chi connectivity index (χ0) is 30.2. The van der Waals surface area contributed by atoms with Crippen LogP contribution in [0.1, 0.15) is 43.9 Å². The molecular formula is C13H24N4O3S. The number of ether oxygens (including phenoxy) is 2. The van der Waals surface area contributed by atoms with E-state index in [1.54, 1.807) is 5.32 Å². The van der Waals surface area contributed by atoms with E-state index in [4.69, 9.17) is 28.0 Å². The number of rotatable bonds is 6. The molecule has 7 nitrogen and oxygen atoms in total. The van der Waals surface area contributed by atoms with Crippen molar-refractivity contribution in [2.45, 2.75) is 32.2 Å². The molecule has 1 aromatic rings. The van der Waals surface area contributed by atoms with Crippen molar-refractivity contribution in [3.8, 4) is 5.88 Å². The lowest BCUT2D eigenvalue weighted by atomic mass is 10.1. The van der Waals surface area contributed by atoms with Gasteiger partial charge in [0.1, 0.15) is 12.7 Å². The summed E-state index contributed by atoms with van der Waals surface area (Å²) < 4.78 is 149. The Morgan fingerprint density at radius 2 is 2.43 bits per heavy atom. The highest BCUT2D eigenvalue weighted by Crippen LogP contribution is 2.26. The molecule has 0 aliphatic carbocycles. The highest BCUT2D eigenvalue weighted by Gasteiger charge is 2.21. The number of nitrogens with one attached hydrogen (secondary N) is 1. The molecule has 0 radical (unpaired) electrons. The molecule has 0 unspecified atom stereocenters. The summed E-state index contributed by atoms with van der Waals surface area (Å²) in [5.74, 6) is -1.81. The van der Waals surface area contributed by atoms with Crippen molar-refractivity contribution in [3.63, 3.8) is 0 Å². The summed E-state index contributed by atoms with van der Waals surface area (Å²) in [7, 11) is 0. The van der Waals surface area contributed by atoms with Crippen LogP contribution in [-0.2, 0) is 4.74 Å². The number of nitrogens with zero attached hydrogens (tertiary/aromatic N) is 3. The highest BCUT2D eigenvalue weighted by atomic mass is 32.1. The van der Waals surface area contributed by atoms with Gasteiger partial charge in [0, 0.05) is 36.0 Å². The summed E-state index contributed by atoms with van der Waals surface area (Å²) in [4.78, 5) is -0.0848. The average molecular weight is 334 g/mol. The molecule has 120 valence electrons. The molecule has 0 saturated carbocycles. The van der Waals surface area contributed by atoms with Gasteiger partial charge < -0.3 is 24.8 Å². The molecule has 0 spiro atoms. The van der Waals surface area contributed by atoms with Gasteiger partial charge >= 0.3 is 0 Å². The van der Waals surface area contributed by atoms with E-state index in [2.05, 4.69) is 13.5 Å². The number of β-amino-alcohol motifs (C(OH)–C–C–N with tert-alkyl or cyclic N) is 1. The summed E-state index contributed by atoms with van der Waals surface area (Å²) in [6.07, 6.45) is -3.46. The summed E-state index contributed by atoms with van der Waals surface area (Å²) >= 11 is 0.250. The fraction of sp³-hybridized carbons (Fsp3) is 0.846. The second-order valence-electron chi connectivity index (χ2n) is 3.87. The first kappa shape index (κ1) is 5.02. The molecule has 1 atom stereocenters. The monoisotopic (exact) mass is 333 g/mol. The van der Waals surface area contributed by atoms with E-state index < -0.39 is 76.2 Å². The van der Waals surface area contributed by atoms with Crippen LogP contribution in [-0.4, -0.2) is 64.7 Å². The largest absolute Gasteiger partial charge is 0.472 e. The number of morpholine rings is 1. The Kier molecular flexibility index (Phi) is 1.76. The number of aromatic nitrogens is 2. The lowest BCUT2D eigenvalue weighted by Gasteiger charge is -2.27. The van der Waals surface area contributed by atoms with Crippen molar-refractivity contribution < 1.29 is 37.9 Å². The van der Waals surface area contributed by atoms with Crippen LogP contribution in [0, 0.1) is 0 Å². The van der Waals surface area contributed by atoms with Gasteiger partial charge in [0.25, 0.3) is 5.88 Å². The van der Waals surface area contributed by atoms with E-state index in [0.717, 1.165) is 0 Å². The molecule has 1 aromatic heterocycles. The fourth-order valence-corrected chi connectivity index (χ4v) is 1.56. The Balaban J connectivity index is 2.44. The minimum atomic E-state index is -3.49. The highest BCUT2D eigenvalue weighted by molar-refractivity contribution is 6.99. The van der Waals surface area contributed by atoms with Gasteiger partial charge in [0.2, 0.25) is 5.82 Å². The first-order valence-electron chi connectivity index (χ1n) is 14.0. The van der Waals surface area contributed by atoms with Crippen molar-refractivity contribution in [2.24, 2.45) is 0 Å². The van der Waals surface area contributed by atoms with Crippen LogP contribution in [0.2, 0.25) is 0 Å². The molecule has 1 saturated heterocycles. The summed E-state index contributed by atoms with van der Waals surface area (Å²) in [5, 5.41) is 12.2. The first-order valence-corrected chi connectivity index (χ1v) is 6.19. The lowest BCUT2D eigenvalue weighted by Crippen LogP contribution is -2.42. The molecule has 21 heavy (non-hydrogen) atoms. The summed E-state index contributed by atoms with van der Waals surface area (Å²) in [5.41, 5.74) is -2.96. The maximum absolute atomic E-state index is 10.5. The molecule has 1 aliphatic rings. The van der Waals surface area contributed by atoms with Gasteiger partial charge in [-0.25, -0.2) is 0 Å². The molecule has 8 heteroatoms. The molecule has 0 aromatic carbocycles. The van der Waals surface area contributed by atoms with Gasteiger partial charge in [0.15, 0.2) is 0 Å². The average Bonchev–Trinajstić information content (AvgIpc) is 3.09. The Labute approximate surface area is 153 Å². The van der Waals surface area contributed by atoms with Crippen LogP contribution in [0.5, 0.6) is 5.88 Å². The minimum Gasteiger partial charge on any atom is -0.472 e. The molecule has 2 N–H and O–H groups in total. The van der Waals surface area contributed by atoms with Crippen LogP contribution in [0.4, 0.5) is 5.82 Å². The molecular weight excluding hydrogens is 292 g/mol. The number of anilines is 1. The first-order chi connectivity index (χ1) is 16.5. The van der Waals surface area contributed by atoms with E-state index in [9.17, 15) is 5.11 Å². The van der Waals surface area contributed by atoms with Crippen molar-refractivity contribution in [1.82, 2.24) is 14.1 Å². The maximum Gasteiger partial charge on any atom is 0.270 e. The third kappa shape index (κ3) is 5.39. The molecule has 1 fully saturated rings. The van der Waals surface area contributed by atoms with Crippen LogP contribution in [0.3, 0.4) is 0 Å². The lowest BCUT2D eigenvalue weighted by molar-refractivity contribution is 0.0975. The topological polar surface area (TPSA) is 79.7 Å². The third-order valence-electron chi connectivity index (χ3n) is 1.87. The van der Waals surface area contributed by atoms with Crippen LogP contribution >= 0.6 is 11.7 Å². The third-order valence-corrected chi connectivity index (χ3v) is 2.38. The molecule has 1 aliphatic heterocycles. The fourth-order valence-electron chi connectivity index (χ4n) is 1.07. The molecule has 0 amide bonds. The second-order valence-corrected chi connectivity index (χ2v) is 4.40. The predicted molar refractivity (Wildman–Crippen MR) is 82.2 cm³/mol. The molecule has 2 rings (SSSR count). The maximum atomic E-state index is 10.5. The van der Waals surface area contributed by atoms with Crippen molar-refractivity contribution in [1.29, 1.82) is 0 Å². The Hall–Kier alpha value is -0.960. The zero-order valence-electron chi connectivity index (χ0n) is 27.7. The van der Waals surface area contributed by atoms with Crippen LogP contribution in [0.25, 0.3) is 0 Å². The van der Waals surface area contributed by atoms with E-state index in [1.807, 2.05) is 0 Å². The van der Waals surface area contributed by atoms with Gasteiger partial charge in [-0.3, -0.25) is 0 Å². The summed E-state index contributed by atoms with van der Waals surface area (Å²) in [6.45, 7) is -24.8. The number of hydrogen-bond donors (Lipinski definition) is 2. The summed E-state index contributed by atoms with van der Waals surface area (Å²) in [6, 6.07) is 0. The minimum absolute atomic E-state index is 0.0848. The second kappa shape index (κ2) is 7.35. The van der Waals surface area contributed by atoms with Gasteiger partial charge in [0.05, 0.1) is 37.2 Å².